The maximum atomic E-state index is 7.23. The molecule has 6 aromatic carbocycles. The minimum absolute atomic E-state index is 0. The topological polar surface area (TPSA) is 30.7 Å². The molecular formula is C50H41IrN3S-2. The fourth-order valence-electron chi connectivity index (χ4n) is 6.83. The third kappa shape index (κ3) is 7.88. The number of hydrogen-bond acceptors (Lipinski definition) is 3. The van der Waals surface area contributed by atoms with Crippen LogP contribution < -0.4 is 0 Å². The molecular weight excluding hydrogens is 867 g/mol. The summed E-state index contributed by atoms with van der Waals surface area (Å²) >= 11 is 1.67. The van der Waals surface area contributed by atoms with Gasteiger partial charge in [-0.2, -0.15) is 0 Å². The van der Waals surface area contributed by atoms with Crippen molar-refractivity contribution < 1.29 is 24.2 Å². The molecule has 55 heavy (non-hydrogen) atoms. The molecule has 5 heteroatoms. The summed E-state index contributed by atoms with van der Waals surface area (Å²) in [6.07, 6.45) is 1.39. The number of nitrogens with zero attached hydrogens (tertiary/aromatic N) is 3. The van der Waals surface area contributed by atoms with Crippen molar-refractivity contribution in [2.75, 3.05) is 0 Å². The van der Waals surface area contributed by atoms with Gasteiger partial charge in [0, 0.05) is 41.5 Å². The number of imidazole rings is 1. The quantitative estimate of drug-likeness (QED) is 0.161. The zero-order valence-corrected chi connectivity index (χ0v) is 34.3. The van der Waals surface area contributed by atoms with E-state index in [4.69, 9.17) is 9.10 Å². The van der Waals surface area contributed by atoms with Gasteiger partial charge in [-0.1, -0.05) is 139 Å². The molecule has 0 amide bonds. The first-order chi connectivity index (χ1) is 27.5. The minimum atomic E-state index is -2.09. The van der Waals surface area contributed by atoms with Gasteiger partial charge in [0.15, 0.2) is 0 Å². The Morgan fingerprint density at radius 3 is 2.00 bits per heavy atom. The summed E-state index contributed by atoms with van der Waals surface area (Å²) < 4.78 is 25.3. The Bertz CT molecular complexity index is 2750. The van der Waals surface area contributed by atoms with Gasteiger partial charge >= 0.3 is 0 Å². The van der Waals surface area contributed by atoms with Crippen LogP contribution in [0.5, 0.6) is 0 Å². The van der Waals surface area contributed by atoms with Gasteiger partial charge in [0.05, 0.1) is 22.5 Å². The summed E-state index contributed by atoms with van der Waals surface area (Å²) in [6, 6.07) is 55.1. The van der Waals surface area contributed by atoms with Crippen LogP contribution in [0.15, 0.2) is 158 Å². The van der Waals surface area contributed by atoms with Gasteiger partial charge in [0.25, 0.3) is 0 Å². The van der Waals surface area contributed by atoms with E-state index in [2.05, 4.69) is 164 Å². The van der Waals surface area contributed by atoms with Crippen LogP contribution in [-0.2, 0) is 25.5 Å². The predicted molar refractivity (Wildman–Crippen MR) is 228 cm³/mol. The summed E-state index contributed by atoms with van der Waals surface area (Å²) in [4.78, 5) is 9.43. The second-order valence-electron chi connectivity index (χ2n) is 14.4. The molecule has 3 heterocycles. The van der Waals surface area contributed by atoms with E-state index in [9.17, 15) is 0 Å². The molecule has 3 aromatic heterocycles. The van der Waals surface area contributed by atoms with Gasteiger partial charge < -0.3 is 9.55 Å². The monoisotopic (exact) mass is 911 g/mol. The van der Waals surface area contributed by atoms with E-state index in [-0.39, 0.29) is 31.1 Å². The number of thiophene rings is 1. The Balaban J connectivity index is 0.000000254. The van der Waals surface area contributed by atoms with Crippen molar-refractivity contribution >= 4 is 32.5 Å². The van der Waals surface area contributed by atoms with E-state index in [1.807, 2.05) is 18.2 Å². The van der Waals surface area contributed by atoms with Crippen molar-refractivity contribution in [1.29, 1.82) is 0 Å². The van der Waals surface area contributed by atoms with Gasteiger partial charge in [-0.25, -0.2) is 0 Å². The Kier molecular flexibility index (Phi) is 9.98. The number of aryl methyl sites for hydroxylation is 2. The molecule has 9 rings (SSSR count). The third-order valence-electron chi connectivity index (χ3n) is 9.56. The van der Waals surface area contributed by atoms with Crippen LogP contribution in [0, 0.1) is 25.2 Å². The number of pyridine rings is 1. The largest absolute Gasteiger partial charge is 0.332 e. The summed E-state index contributed by atoms with van der Waals surface area (Å²) in [5.41, 5.74) is 13.4. The normalized spacial score (nSPS) is 12.3. The standard InChI is InChI=1S/C38H31N2S.C12H10N.Ir/c1-25-21-29(26-13-7-5-8-14-26)36(30(22-25)27-15-9-6-10-16-27)40-34-18-12-11-17-33(34)39-37(40)32-24-41-35-20-19-28(23-31(32)35)38(2,3)4;1-10-7-8-12(13-9-10)11-5-3-2-4-6-11;/h5-23H,1-4H3;2-5,7-9H,1H3;/q2*-1;/i;1D3;. The van der Waals surface area contributed by atoms with E-state index < -0.39 is 6.85 Å². The fourth-order valence-corrected chi connectivity index (χ4v) is 7.65. The van der Waals surface area contributed by atoms with Crippen molar-refractivity contribution in [2.24, 2.45) is 0 Å². The molecule has 0 N–H and O–H groups in total. The Labute approximate surface area is 346 Å². The molecule has 1 radical (unpaired) electrons. The zero-order valence-electron chi connectivity index (χ0n) is 34.1. The molecule has 0 aliphatic heterocycles. The number of aromatic nitrogens is 3. The molecule has 0 aliphatic carbocycles. The SMILES string of the molecule is Cc1cc(-c2ccccc2)c(-n2c(-c3[c-]sc4ccc(C(C)(C)C)cc34)nc3ccccc32)c(-c2ccccc2)c1.[2H]C([2H])([2H])c1ccc(-c2[c-]cccc2)nc1.[Ir]. The zero-order chi connectivity index (χ0) is 39.7. The molecule has 0 atom stereocenters. The molecule has 0 spiro atoms. The predicted octanol–water partition coefficient (Wildman–Crippen LogP) is 13.5. The molecule has 3 nitrogen and oxygen atoms in total. The smallest absolute Gasteiger partial charge is 0.0774 e. The van der Waals surface area contributed by atoms with E-state index in [1.165, 1.54) is 49.7 Å². The van der Waals surface area contributed by atoms with Gasteiger partial charge in [0.1, 0.15) is 0 Å². The van der Waals surface area contributed by atoms with Crippen LogP contribution in [0.3, 0.4) is 0 Å². The number of para-hydroxylation sites is 2. The average molecular weight is 911 g/mol. The number of benzene rings is 6. The first kappa shape index (κ1) is 34.1. The second-order valence-corrected chi connectivity index (χ2v) is 15.3. The molecule has 0 aliphatic rings. The summed E-state index contributed by atoms with van der Waals surface area (Å²) in [7, 11) is 0. The molecule has 273 valence electrons. The average Bonchev–Trinajstić information content (AvgIpc) is 3.82. The van der Waals surface area contributed by atoms with Gasteiger partial charge in [-0.3, -0.25) is 16.3 Å². The van der Waals surface area contributed by atoms with Crippen LogP contribution in [-0.4, -0.2) is 14.5 Å². The third-order valence-corrected chi connectivity index (χ3v) is 10.4. The first-order valence-electron chi connectivity index (χ1n) is 19.6. The van der Waals surface area contributed by atoms with Crippen LogP contribution in [0.1, 0.15) is 41.6 Å². The Morgan fingerprint density at radius 2 is 1.38 bits per heavy atom. The Morgan fingerprint density at radius 1 is 0.709 bits per heavy atom. The maximum absolute atomic E-state index is 7.23. The molecule has 0 bridgehead atoms. The van der Waals surface area contributed by atoms with Gasteiger partial charge in [0.2, 0.25) is 0 Å². The van der Waals surface area contributed by atoms with Crippen LogP contribution in [0.4, 0.5) is 0 Å². The van der Waals surface area contributed by atoms with Crippen LogP contribution in [0.2, 0.25) is 0 Å². The van der Waals surface area contributed by atoms with Gasteiger partial charge in [-0.15, -0.1) is 47.3 Å². The number of rotatable bonds is 5. The van der Waals surface area contributed by atoms with Crippen molar-refractivity contribution in [3.8, 4) is 50.6 Å². The van der Waals surface area contributed by atoms with Crippen molar-refractivity contribution in [3.63, 3.8) is 0 Å². The number of fused-ring (bicyclic) bond motifs is 2. The van der Waals surface area contributed by atoms with E-state index in [1.54, 1.807) is 29.5 Å². The van der Waals surface area contributed by atoms with E-state index in [0.717, 1.165) is 39.4 Å². The van der Waals surface area contributed by atoms with Crippen LogP contribution >= 0.6 is 11.3 Å². The van der Waals surface area contributed by atoms with Crippen molar-refractivity contribution in [1.82, 2.24) is 14.5 Å². The summed E-state index contributed by atoms with van der Waals surface area (Å²) in [5.74, 6) is 0.918. The minimum Gasteiger partial charge on any atom is -0.332 e. The molecule has 9 aromatic rings. The number of hydrogen-bond donors (Lipinski definition) is 0. The summed E-state index contributed by atoms with van der Waals surface area (Å²) in [5, 5.41) is 4.87. The molecule has 0 unspecified atom stereocenters. The molecule has 0 saturated heterocycles. The van der Waals surface area contributed by atoms with Gasteiger partial charge in [-0.05, 0) is 71.4 Å². The van der Waals surface area contributed by atoms with Crippen LogP contribution in [0.25, 0.3) is 71.7 Å². The van der Waals surface area contributed by atoms with E-state index >= 15 is 0 Å². The summed E-state index contributed by atoms with van der Waals surface area (Å²) in [6.45, 7) is 6.90. The molecule has 0 saturated carbocycles. The van der Waals surface area contributed by atoms with Crippen molar-refractivity contribution in [3.05, 3.63) is 186 Å². The second kappa shape index (κ2) is 16.1. The Hall–Kier alpha value is -5.45. The fraction of sp³-hybridized carbons (Fsp3) is 0.120. The maximum Gasteiger partial charge on any atom is 0.0774 e. The first-order valence-corrected chi connectivity index (χ1v) is 18.9. The van der Waals surface area contributed by atoms with Crippen molar-refractivity contribution in [2.45, 2.75) is 40.0 Å². The van der Waals surface area contributed by atoms with E-state index in [0.29, 0.717) is 0 Å². The molecule has 0 fully saturated rings.